The Morgan fingerprint density at radius 1 is 0.750 bits per heavy atom. The summed E-state index contributed by atoms with van der Waals surface area (Å²) in [6.45, 7) is 0. The zero-order valence-electron chi connectivity index (χ0n) is 10.7. The molecule has 0 saturated carbocycles. The Morgan fingerprint density at radius 2 is 1.25 bits per heavy atom. The molecule has 94 valence electrons. The summed E-state index contributed by atoms with van der Waals surface area (Å²) in [4.78, 5) is 0. The molecular weight excluding hydrogens is 246 g/mol. The van der Waals surface area contributed by atoms with Crippen molar-refractivity contribution in [3.05, 3.63) is 70.8 Å². The minimum Gasteiger partial charge on any atom is -0.198 e. The minimum atomic E-state index is -0.254. The molecule has 0 aliphatic rings. The van der Waals surface area contributed by atoms with E-state index in [1.54, 1.807) is 24.3 Å². The number of rotatable bonds is 3. The first kappa shape index (κ1) is 13.3. The van der Waals surface area contributed by atoms with E-state index in [9.17, 15) is 5.26 Å². The highest BCUT2D eigenvalue weighted by molar-refractivity contribution is 5.37. The van der Waals surface area contributed by atoms with E-state index in [1.165, 1.54) is 0 Å². The number of nitriles is 3. The van der Waals surface area contributed by atoms with Crippen LogP contribution in [0.5, 0.6) is 0 Å². The van der Waals surface area contributed by atoms with Gasteiger partial charge in [0.25, 0.3) is 0 Å². The van der Waals surface area contributed by atoms with E-state index < -0.39 is 0 Å². The third-order valence-corrected chi connectivity index (χ3v) is 3.12. The van der Waals surface area contributed by atoms with Crippen LogP contribution in [0, 0.1) is 34.0 Å². The van der Waals surface area contributed by atoms with Crippen LogP contribution >= 0.6 is 0 Å². The van der Waals surface area contributed by atoms with Gasteiger partial charge < -0.3 is 0 Å². The number of nitrogens with zero attached hydrogens (tertiary/aromatic N) is 3. The van der Waals surface area contributed by atoms with Gasteiger partial charge in [-0.25, -0.2) is 0 Å². The predicted octanol–water partition coefficient (Wildman–Crippen LogP) is 3.28. The molecule has 3 heteroatoms. The van der Waals surface area contributed by atoms with Crippen LogP contribution in [-0.2, 0) is 6.42 Å². The lowest BCUT2D eigenvalue weighted by molar-refractivity contribution is 0.849. The number of benzene rings is 2. The molecule has 1 atom stereocenters. The van der Waals surface area contributed by atoms with Gasteiger partial charge >= 0.3 is 0 Å². The summed E-state index contributed by atoms with van der Waals surface area (Å²) in [6.07, 6.45) is 0.591. The van der Waals surface area contributed by atoms with Crippen LogP contribution in [-0.4, -0.2) is 0 Å². The van der Waals surface area contributed by atoms with E-state index in [0.29, 0.717) is 17.5 Å². The first-order valence-corrected chi connectivity index (χ1v) is 6.15. The quantitative estimate of drug-likeness (QED) is 0.847. The Morgan fingerprint density at radius 3 is 1.70 bits per heavy atom. The maximum atomic E-state index is 9.30. The average molecular weight is 257 g/mol. The van der Waals surface area contributed by atoms with Gasteiger partial charge in [0.05, 0.1) is 35.3 Å². The van der Waals surface area contributed by atoms with E-state index in [4.69, 9.17) is 10.5 Å². The van der Waals surface area contributed by atoms with Gasteiger partial charge in [0.2, 0.25) is 0 Å². The molecular formula is C17H11N3. The van der Waals surface area contributed by atoms with Gasteiger partial charge in [-0.15, -0.1) is 0 Å². The molecule has 2 rings (SSSR count). The molecule has 20 heavy (non-hydrogen) atoms. The Hall–Kier alpha value is -3.09. The molecule has 0 saturated heterocycles. The lowest BCUT2D eigenvalue weighted by Gasteiger charge is -2.09. The van der Waals surface area contributed by atoms with Crippen molar-refractivity contribution in [1.29, 1.82) is 15.8 Å². The SMILES string of the molecule is N#Cc1ccc(CC(C#N)c2ccc(C#N)cc2)cc1. The molecule has 0 aromatic heterocycles. The van der Waals surface area contributed by atoms with Crippen LogP contribution in [0.1, 0.15) is 28.2 Å². The molecule has 0 aliphatic heterocycles. The Bertz CT molecular complexity index is 707. The van der Waals surface area contributed by atoms with E-state index in [2.05, 4.69) is 18.2 Å². The normalized spacial score (nSPS) is 10.8. The smallest absolute Gasteiger partial charge is 0.0991 e. The maximum Gasteiger partial charge on any atom is 0.0991 e. The molecule has 2 aromatic carbocycles. The van der Waals surface area contributed by atoms with Crippen LogP contribution in [0.2, 0.25) is 0 Å². The van der Waals surface area contributed by atoms with Gasteiger partial charge in [-0.3, -0.25) is 0 Å². The van der Waals surface area contributed by atoms with Gasteiger partial charge in [-0.2, -0.15) is 15.8 Å². The molecule has 0 spiro atoms. The van der Waals surface area contributed by atoms with Gasteiger partial charge in [-0.1, -0.05) is 24.3 Å². The van der Waals surface area contributed by atoms with Crippen LogP contribution in [0.3, 0.4) is 0 Å². The van der Waals surface area contributed by atoms with Crippen LogP contribution in [0.15, 0.2) is 48.5 Å². The second kappa shape index (κ2) is 6.19. The van der Waals surface area contributed by atoms with Crippen molar-refractivity contribution < 1.29 is 0 Å². The molecule has 2 aromatic rings. The topological polar surface area (TPSA) is 71.4 Å². The highest BCUT2D eigenvalue weighted by Gasteiger charge is 2.11. The van der Waals surface area contributed by atoms with E-state index in [0.717, 1.165) is 11.1 Å². The van der Waals surface area contributed by atoms with E-state index in [1.807, 2.05) is 24.3 Å². The summed E-state index contributed by atoms with van der Waals surface area (Å²) in [5, 5.41) is 26.8. The predicted molar refractivity (Wildman–Crippen MR) is 74.4 cm³/mol. The fourth-order valence-corrected chi connectivity index (χ4v) is 1.98. The summed E-state index contributed by atoms with van der Waals surface area (Å²) in [5.41, 5.74) is 3.11. The second-order valence-electron chi connectivity index (χ2n) is 4.43. The van der Waals surface area contributed by atoms with E-state index in [-0.39, 0.29) is 5.92 Å². The lowest BCUT2D eigenvalue weighted by atomic mass is 9.92. The average Bonchev–Trinajstić information content (AvgIpc) is 2.53. The number of hydrogen-bond acceptors (Lipinski definition) is 3. The molecule has 0 radical (unpaired) electrons. The molecule has 0 N–H and O–H groups in total. The summed E-state index contributed by atoms with van der Waals surface area (Å²) in [6, 6.07) is 20.7. The van der Waals surface area contributed by atoms with Crippen molar-refractivity contribution >= 4 is 0 Å². The standard InChI is InChI=1S/C17H11N3/c18-10-14-3-1-13(2-4-14)9-17(12-20)16-7-5-15(11-19)6-8-16/h1-8,17H,9H2. The Labute approximate surface area is 117 Å². The summed E-state index contributed by atoms with van der Waals surface area (Å²) in [5.74, 6) is -0.254. The highest BCUT2D eigenvalue weighted by Crippen LogP contribution is 2.21. The summed E-state index contributed by atoms with van der Waals surface area (Å²) in [7, 11) is 0. The molecule has 0 bridgehead atoms. The maximum absolute atomic E-state index is 9.30. The van der Waals surface area contributed by atoms with Crippen molar-refractivity contribution in [2.45, 2.75) is 12.3 Å². The van der Waals surface area contributed by atoms with Gasteiger partial charge in [0.15, 0.2) is 0 Å². The number of hydrogen-bond donors (Lipinski definition) is 0. The third kappa shape index (κ3) is 3.02. The minimum absolute atomic E-state index is 0.254. The Balaban J connectivity index is 2.18. The zero-order valence-corrected chi connectivity index (χ0v) is 10.7. The first-order chi connectivity index (χ1) is 9.76. The summed E-state index contributed by atoms with van der Waals surface area (Å²) < 4.78 is 0. The van der Waals surface area contributed by atoms with Crippen molar-refractivity contribution in [1.82, 2.24) is 0 Å². The lowest BCUT2D eigenvalue weighted by Crippen LogP contribution is -2.00. The fraction of sp³-hybridized carbons (Fsp3) is 0.118. The molecule has 0 fully saturated rings. The van der Waals surface area contributed by atoms with Gasteiger partial charge in [-0.05, 0) is 41.8 Å². The second-order valence-corrected chi connectivity index (χ2v) is 4.43. The molecule has 0 amide bonds. The van der Waals surface area contributed by atoms with Crippen molar-refractivity contribution in [2.75, 3.05) is 0 Å². The van der Waals surface area contributed by atoms with Crippen LogP contribution in [0.25, 0.3) is 0 Å². The van der Waals surface area contributed by atoms with Crippen molar-refractivity contribution in [3.63, 3.8) is 0 Å². The molecule has 1 unspecified atom stereocenters. The van der Waals surface area contributed by atoms with Crippen LogP contribution < -0.4 is 0 Å². The highest BCUT2D eigenvalue weighted by atomic mass is 14.3. The molecule has 3 nitrogen and oxygen atoms in total. The first-order valence-electron chi connectivity index (χ1n) is 6.15. The largest absolute Gasteiger partial charge is 0.198 e. The third-order valence-electron chi connectivity index (χ3n) is 3.12. The zero-order chi connectivity index (χ0) is 14.4. The van der Waals surface area contributed by atoms with Gasteiger partial charge in [0, 0.05) is 0 Å². The van der Waals surface area contributed by atoms with E-state index >= 15 is 0 Å². The Kier molecular flexibility index (Phi) is 4.13. The molecule has 0 heterocycles. The van der Waals surface area contributed by atoms with Crippen molar-refractivity contribution in [2.24, 2.45) is 0 Å². The monoisotopic (exact) mass is 257 g/mol. The van der Waals surface area contributed by atoms with Gasteiger partial charge in [0.1, 0.15) is 0 Å². The van der Waals surface area contributed by atoms with Crippen LogP contribution in [0.4, 0.5) is 0 Å². The fourth-order valence-electron chi connectivity index (χ4n) is 1.98. The summed E-state index contributed by atoms with van der Waals surface area (Å²) >= 11 is 0. The van der Waals surface area contributed by atoms with Crippen molar-refractivity contribution in [3.8, 4) is 18.2 Å². The molecule has 0 aliphatic carbocycles.